The standard InChI is InChI=1S/C13H11N5O/c1-8-2-4-9(5-3-8)13(19)17-11-10-6-16-18-12(10)15-7-14-11/h2-7H,1H3,(H2,14,15,16,17,18,19). The van der Waals surface area contributed by atoms with Crippen molar-refractivity contribution in [3.8, 4) is 0 Å². The van der Waals surface area contributed by atoms with Crippen LogP contribution in [0, 0.1) is 6.92 Å². The van der Waals surface area contributed by atoms with Gasteiger partial charge in [-0.3, -0.25) is 9.89 Å². The molecule has 6 heteroatoms. The molecule has 0 fully saturated rings. The number of amides is 1. The Morgan fingerprint density at radius 1 is 1.21 bits per heavy atom. The molecule has 0 bridgehead atoms. The molecule has 0 aliphatic carbocycles. The number of aromatic nitrogens is 4. The maximum Gasteiger partial charge on any atom is 0.256 e. The average Bonchev–Trinajstić information content (AvgIpc) is 2.89. The largest absolute Gasteiger partial charge is 0.306 e. The van der Waals surface area contributed by atoms with Gasteiger partial charge in [0.2, 0.25) is 0 Å². The fourth-order valence-corrected chi connectivity index (χ4v) is 1.75. The van der Waals surface area contributed by atoms with E-state index in [-0.39, 0.29) is 5.91 Å². The van der Waals surface area contributed by atoms with Gasteiger partial charge >= 0.3 is 0 Å². The zero-order valence-corrected chi connectivity index (χ0v) is 10.2. The predicted octanol–water partition coefficient (Wildman–Crippen LogP) is 1.91. The Morgan fingerprint density at radius 2 is 2.00 bits per heavy atom. The summed E-state index contributed by atoms with van der Waals surface area (Å²) in [6.07, 6.45) is 2.96. The number of aromatic amines is 1. The van der Waals surface area contributed by atoms with Crippen LogP contribution >= 0.6 is 0 Å². The van der Waals surface area contributed by atoms with Gasteiger partial charge in [0, 0.05) is 5.56 Å². The summed E-state index contributed by atoms with van der Waals surface area (Å²) in [5.41, 5.74) is 2.28. The topological polar surface area (TPSA) is 83.6 Å². The molecular formula is C13H11N5O. The minimum Gasteiger partial charge on any atom is -0.306 e. The Balaban J connectivity index is 1.90. The van der Waals surface area contributed by atoms with E-state index in [9.17, 15) is 4.79 Å². The smallest absolute Gasteiger partial charge is 0.256 e. The fourth-order valence-electron chi connectivity index (χ4n) is 1.75. The first-order valence-corrected chi connectivity index (χ1v) is 5.76. The van der Waals surface area contributed by atoms with Gasteiger partial charge in [0.1, 0.15) is 12.1 Å². The SMILES string of the molecule is Cc1ccc(C(=O)Nc2ncnc3[nH]ncc23)cc1. The minimum atomic E-state index is -0.207. The molecule has 0 atom stereocenters. The van der Waals surface area contributed by atoms with E-state index in [4.69, 9.17) is 0 Å². The predicted molar refractivity (Wildman–Crippen MR) is 70.8 cm³/mol. The normalized spacial score (nSPS) is 10.6. The van der Waals surface area contributed by atoms with Gasteiger partial charge < -0.3 is 5.32 Å². The summed E-state index contributed by atoms with van der Waals surface area (Å²) in [5, 5.41) is 10.0. The van der Waals surface area contributed by atoms with E-state index in [0.717, 1.165) is 5.56 Å². The number of hydrogen-bond donors (Lipinski definition) is 2. The van der Waals surface area contributed by atoms with Gasteiger partial charge in [0.05, 0.1) is 11.6 Å². The van der Waals surface area contributed by atoms with Crippen LogP contribution in [0.15, 0.2) is 36.8 Å². The molecule has 3 rings (SSSR count). The molecule has 3 aromatic rings. The summed E-state index contributed by atoms with van der Waals surface area (Å²) in [6.45, 7) is 1.97. The molecule has 2 N–H and O–H groups in total. The van der Waals surface area contributed by atoms with E-state index in [2.05, 4.69) is 25.5 Å². The number of carbonyl (C=O) groups is 1. The monoisotopic (exact) mass is 253 g/mol. The lowest BCUT2D eigenvalue weighted by atomic mass is 10.1. The number of anilines is 1. The molecule has 0 unspecified atom stereocenters. The van der Waals surface area contributed by atoms with Crippen LogP contribution in [0.3, 0.4) is 0 Å². The molecule has 0 radical (unpaired) electrons. The second kappa shape index (κ2) is 4.49. The van der Waals surface area contributed by atoms with Gasteiger partial charge in [-0.2, -0.15) is 5.10 Å². The molecule has 2 aromatic heterocycles. The van der Waals surface area contributed by atoms with Crippen LogP contribution in [0.2, 0.25) is 0 Å². The number of carbonyl (C=O) groups excluding carboxylic acids is 1. The van der Waals surface area contributed by atoms with Crippen molar-refractivity contribution in [1.82, 2.24) is 20.2 Å². The molecule has 0 spiro atoms. The first kappa shape index (κ1) is 11.3. The molecule has 0 aliphatic rings. The van der Waals surface area contributed by atoms with Crippen LogP contribution in [-0.4, -0.2) is 26.1 Å². The van der Waals surface area contributed by atoms with Crippen LogP contribution in [-0.2, 0) is 0 Å². The van der Waals surface area contributed by atoms with Crippen LogP contribution in [0.4, 0.5) is 5.82 Å². The van der Waals surface area contributed by atoms with Gasteiger partial charge in [-0.05, 0) is 19.1 Å². The highest BCUT2D eigenvalue weighted by Crippen LogP contribution is 2.17. The second-order valence-electron chi connectivity index (χ2n) is 4.17. The number of nitrogens with zero attached hydrogens (tertiary/aromatic N) is 3. The van der Waals surface area contributed by atoms with Gasteiger partial charge in [-0.25, -0.2) is 9.97 Å². The number of nitrogens with one attached hydrogen (secondary N) is 2. The van der Waals surface area contributed by atoms with E-state index >= 15 is 0 Å². The van der Waals surface area contributed by atoms with E-state index in [1.54, 1.807) is 18.3 Å². The lowest BCUT2D eigenvalue weighted by molar-refractivity contribution is 0.102. The molecule has 2 heterocycles. The molecule has 1 aromatic carbocycles. The van der Waals surface area contributed by atoms with E-state index in [1.165, 1.54) is 6.33 Å². The Morgan fingerprint density at radius 3 is 2.79 bits per heavy atom. The highest BCUT2D eigenvalue weighted by molar-refractivity contribution is 6.07. The summed E-state index contributed by atoms with van der Waals surface area (Å²) >= 11 is 0. The quantitative estimate of drug-likeness (QED) is 0.730. The van der Waals surface area contributed by atoms with Gasteiger partial charge in [0.25, 0.3) is 5.91 Å². The van der Waals surface area contributed by atoms with Crippen LogP contribution in [0.25, 0.3) is 11.0 Å². The van der Waals surface area contributed by atoms with E-state index in [0.29, 0.717) is 22.4 Å². The Kier molecular flexibility index (Phi) is 2.68. The second-order valence-corrected chi connectivity index (χ2v) is 4.17. The maximum atomic E-state index is 12.1. The Hall–Kier alpha value is -2.76. The van der Waals surface area contributed by atoms with Gasteiger partial charge in [-0.1, -0.05) is 17.7 Å². The summed E-state index contributed by atoms with van der Waals surface area (Å²) in [4.78, 5) is 20.2. The third kappa shape index (κ3) is 2.15. The highest BCUT2D eigenvalue weighted by atomic mass is 16.1. The summed E-state index contributed by atoms with van der Waals surface area (Å²) in [5.74, 6) is 0.241. The van der Waals surface area contributed by atoms with Gasteiger partial charge in [0.15, 0.2) is 5.65 Å². The summed E-state index contributed by atoms with van der Waals surface area (Å²) < 4.78 is 0. The molecule has 0 aliphatic heterocycles. The first-order chi connectivity index (χ1) is 9.24. The van der Waals surface area contributed by atoms with Crippen molar-refractivity contribution in [2.75, 3.05) is 5.32 Å². The van der Waals surface area contributed by atoms with E-state index < -0.39 is 0 Å². The molecule has 94 valence electrons. The van der Waals surface area contributed by atoms with Crippen LogP contribution in [0.1, 0.15) is 15.9 Å². The molecule has 6 nitrogen and oxygen atoms in total. The lowest BCUT2D eigenvalue weighted by Crippen LogP contribution is -2.13. The number of benzene rings is 1. The zero-order chi connectivity index (χ0) is 13.2. The lowest BCUT2D eigenvalue weighted by Gasteiger charge is -2.05. The Bertz CT molecular complexity index is 732. The third-order valence-corrected chi connectivity index (χ3v) is 2.79. The number of H-pyrrole nitrogens is 1. The highest BCUT2D eigenvalue weighted by Gasteiger charge is 2.10. The first-order valence-electron chi connectivity index (χ1n) is 5.76. The van der Waals surface area contributed by atoms with Crippen molar-refractivity contribution in [2.24, 2.45) is 0 Å². The van der Waals surface area contributed by atoms with Gasteiger partial charge in [-0.15, -0.1) is 0 Å². The summed E-state index contributed by atoms with van der Waals surface area (Å²) in [6, 6.07) is 7.33. The van der Waals surface area contributed by atoms with Crippen molar-refractivity contribution in [2.45, 2.75) is 6.92 Å². The summed E-state index contributed by atoms with van der Waals surface area (Å²) in [7, 11) is 0. The Labute approximate surface area is 108 Å². The van der Waals surface area contributed by atoms with Crippen molar-refractivity contribution in [3.63, 3.8) is 0 Å². The number of aryl methyl sites for hydroxylation is 1. The number of hydrogen-bond acceptors (Lipinski definition) is 4. The van der Waals surface area contributed by atoms with Crippen molar-refractivity contribution < 1.29 is 4.79 Å². The van der Waals surface area contributed by atoms with Crippen molar-refractivity contribution in [1.29, 1.82) is 0 Å². The fraction of sp³-hybridized carbons (Fsp3) is 0.0769. The zero-order valence-electron chi connectivity index (χ0n) is 10.2. The average molecular weight is 253 g/mol. The number of fused-ring (bicyclic) bond motifs is 1. The molecule has 0 saturated heterocycles. The van der Waals surface area contributed by atoms with Crippen molar-refractivity contribution in [3.05, 3.63) is 47.9 Å². The molecule has 1 amide bonds. The maximum absolute atomic E-state index is 12.1. The van der Waals surface area contributed by atoms with E-state index in [1.807, 2.05) is 19.1 Å². The third-order valence-electron chi connectivity index (χ3n) is 2.79. The van der Waals surface area contributed by atoms with Crippen LogP contribution < -0.4 is 5.32 Å². The molecule has 0 saturated carbocycles. The van der Waals surface area contributed by atoms with Crippen LogP contribution in [0.5, 0.6) is 0 Å². The molecule has 19 heavy (non-hydrogen) atoms. The number of rotatable bonds is 2. The van der Waals surface area contributed by atoms with Crippen molar-refractivity contribution >= 4 is 22.8 Å². The molecular weight excluding hydrogens is 242 g/mol. The minimum absolute atomic E-state index is 0.207.